The lowest BCUT2D eigenvalue weighted by Gasteiger charge is -2.25. The highest BCUT2D eigenvalue weighted by Crippen LogP contribution is 2.47. The molecule has 1 saturated carbocycles. The van der Waals surface area contributed by atoms with Gasteiger partial charge in [0.05, 0.1) is 16.4 Å². The topological polar surface area (TPSA) is 147 Å². The number of amides is 2. The van der Waals surface area contributed by atoms with Gasteiger partial charge in [-0.15, -0.1) is 0 Å². The van der Waals surface area contributed by atoms with Crippen LogP contribution in [-0.2, 0) is 4.79 Å². The summed E-state index contributed by atoms with van der Waals surface area (Å²) in [7, 11) is 0. The molecule has 1 atom stereocenters. The number of nitrogens with two attached hydrogens (primary N) is 1. The predicted octanol–water partition coefficient (Wildman–Crippen LogP) is 1.86. The number of hydrogen-bond donors (Lipinski definition) is 2. The van der Waals surface area contributed by atoms with E-state index in [1.807, 2.05) is 4.90 Å². The molecule has 2 aliphatic rings. The van der Waals surface area contributed by atoms with Crippen molar-refractivity contribution in [3.05, 3.63) is 16.7 Å². The van der Waals surface area contributed by atoms with E-state index in [1.54, 1.807) is 6.92 Å². The van der Waals surface area contributed by atoms with Crippen LogP contribution < -0.4 is 10.6 Å². The van der Waals surface area contributed by atoms with Crippen LogP contribution in [0, 0.1) is 22.7 Å². The van der Waals surface area contributed by atoms with Gasteiger partial charge in [-0.05, 0) is 37.7 Å². The molecule has 1 unspecified atom stereocenters. The minimum Gasteiger partial charge on any atom is -0.465 e. The third-order valence-electron chi connectivity index (χ3n) is 5.15. The highest BCUT2D eigenvalue weighted by atomic mass is 32.2. The van der Waals surface area contributed by atoms with Crippen molar-refractivity contribution in [1.82, 2.24) is 9.88 Å². The molecule has 2 heterocycles. The van der Waals surface area contributed by atoms with E-state index in [1.165, 1.54) is 4.90 Å². The average molecular weight is 414 g/mol. The molecule has 0 radical (unpaired) electrons. The summed E-state index contributed by atoms with van der Waals surface area (Å²) in [5.41, 5.74) is 6.80. The molecule has 0 aromatic carbocycles. The lowest BCUT2D eigenvalue weighted by molar-refractivity contribution is -0.117. The third-order valence-corrected chi connectivity index (χ3v) is 6.25. The Hall–Kier alpha value is -2.98. The molecule has 29 heavy (non-hydrogen) atoms. The first-order valence-corrected chi connectivity index (χ1v) is 10.3. The van der Waals surface area contributed by atoms with Gasteiger partial charge < -0.3 is 20.6 Å². The molecule has 0 bridgehead atoms. The SMILES string of the molecule is CC(Sc1nc(N2CCCN(C(=O)O)CC2)c(C#N)c(C2CC2)c1C#N)C(N)=O. The van der Waals surface area contributed by atoms with Crippen molar-refractivity contribution < 1.29 is 14.7 Å². The van der Waals surface area contributed by atoms with Gasteiger partial charge in [-0.2, -0.15) is 10.5 Å². The van der Waals surface area contributed by atoms with Gasteiger partial charge in [0.25, 0.3) is 0 Å². The van der Waals surface area contributed by atoms with Gasteiger partial charge in [0.15, 0.2) is 0 Å². The molecule has 1 aliphatic carbocycles. The van der Waals surface area contributed by atoms with Crippen LogP contribution in [0.15, 0.2) is 5.03 Å². The second-order valence-corrected chi connectivity index (χ2v) is 8.50. The molecular formula is C19H22N6O3S. The zero-order valence-corrected chi connectivity index (χ0v) is 16.9. The lowest BCUT2D eigenvalue weighted by atomic mass is 9.99. The Morgan fingerprint density at radius 2 is 1.90 bits per heavy atom. The lowest BCUT2D eigenvalue weighted by Crippen LogP contribution is -2.34. The highest BCUT2D eigenvalue weighted by molar-refractivity contribution is 8.00. The molecule has 1 saturated heterocycles. The first kappa shape index (κ1) is 20.7. The second kappa shape index (κ2) is 8.58. The quantitative estimate of drug-likeness (QED) is 0.694. The molecule has 10 heteroatoms. The highest BCUT2D eigenvalue weighted by Gasteiger charge is 2.35. The van der Waals surface area contributed by atoms with Crippen LogP contribution in [0.2, 0.25) is 0 Å². The number of carbonyl (C=O) groups excluding carboxylic acids is 1. The molecular weight excluding hydrogens is 392 g/mol. The average Bonchev–Trinajstić information content (AvgIpc) is 3.53. The van der Waals surface area contributed by atoms with E-state index in [0.29, 0.717) is 60.1 Å². The van der Waals surface area contributed by atoms with E-state index in [0.717, 1.165) is 24.6 Å². The fourth-order valence-electron chi connectivity index (χ4n) is 3.43. The summed E-state index contributed by atoms with van der Waals surface area (Å²) in [6, 6.07) is 4.41. The predicted molar refractivity (Wildman–Crippen MR) is 107 cm³/mol. The largest absolute Gasteiger partial charge is 0.465 e. The molecule has 0 spiro atoms. The number of rotatable bonds is 5. The Kier molecular flexibility index (Phi) is 6.14. The van der Waals surface area contributed by atoms with Crippen LogP contribution in [0.3, 0.4) is 0 Å². The van der Waals surface area contributed by atoms with Crippen molar-refractivity contribution >= 4 is 29.6 Å². The van der Waals surface area contributed by atoms with E-state index >= 15 is 0 Å². The third kappa shape index (κ3) is 4.38. The fourth-order valence-corrected chi connectivity index (χ4v) is 4.29. The molecule has 3 rings (SSSR count). The number of thioether (sulfide) groups is 1. The normalized spacial score (nSPS) is 17.8. The summed E-state index contributed by atoms with van der Waals surface area (Å²) in [4.78, 5) is 30.7. The zero-order valence-electron chi connectivity index (χ0n) is 16.1. The minimum absolute atomic E-state index is 0.131. The van der Waals surface area contributed by atoms with Crippen LogP contribution in [0.4, 0.5) is 10.6 Å². The molecule has 152 valence electrons. The number of aromatic nitrogens is 1. The Labute approximate surface area is 173 Å². The number of primary amides is 1. The van der Waals surface area contributed by atoms with Gasteiger partial charge in [0.2, 0.25) is 5.91 Å². The summed E-state index contributed by atoms with van der Waals surface area (Å²) in [6.07, 6.45) is 1.44. The van der Waals surface area contributed by atoms with Crippen molar-refractivity contribution in [2.75, 3.05) is 31.1 Å². The first-order chi connectivity index (χ1) is 13.9. The van der Waals surface area contributed by atoms with E-state index in [9.17, 15) is 25.2 Å². The van der Waals surface area contributed by atoms with Crippen molar-refractivity contribution in [1.29, 1.82) is 10.5 Å². The number of anilines is 1. The second-order valence-electron chi connectivity index (χ2n) is 7.17. The Morgan fingerprint density at radius 1 is 1.21 bits per heavy atom. The maximum absolute atomic E-state index is 11.6. The minimum atomic E-state index is -0.967. The molecule has 2 fully saturated rings. The number of nitrogens with zero attached hydrogens (tertiary/aromatic N) is 5. The van der Waals surface area contributed by atoms with Gasteiger partial charge in [-0.1, -0.05) is 11.8 Å². The summed E-state index contributed by atoms with van der Waals surface area (Å²) < 4.78 is 0. The number of pyridine rings is 1. The Morgan fingerprint density at radius 3 is 2.45 bits per heavy atom. The van der Waals surface area contributed by atoms with Crippen LogP contribution in [0.5, 0.6) is 0 Å². The van der Waals surface area contributed by atoms with Gasteiger partial charge in [-0.25, -0.2) is 9.78 Å². The van der Waals surface area contributed by atoms with Crippen LogP contribution in [-0.4, -0.2) is 58.4 Å². The molecule has 3 N–H and O–H groups in total. The van der Waals surface area contributed by atoms with Crippen LogP contribution in [0.25, 0.3) is 0 Å². The Balaban J connectivity index is 2.07. The zero-order chi connectivity index (χ0) is 21.1. The molecule has 1 aromatic heterocycles. The maximum atomic E-state index is 11.6. The molecule has 1 aliphatic heterocycles. The molecule has 2 amide bonds. The fraction of sp³-hybridized carbons (Fsp3) is 0.526. The van der Waals surface area contributed by atoms with Crippen molar-refractivity contribution in [3.63, 3.8) is 0 Å². The van der Waals surface area contributed by atoms with Gasteiger partial charge in [0.1, 0.15) is 23.0 Å². The number of nitriles is 2. The number of carbonyl (C=O) groups is 2. The van der Waals surface area contributed by atoms with Gasteiger partial charge in [0, 0.05) is 26.2 Å². The molecule has 1 aromatic rings. The first-order valence-electron chi connectivity index (χ1n) is 9.44. The van der Waals surface area contributed by atoms with E-state index in [4.69, 9.17) is 5.73 Å². The smallest absolute Gasteiger partial charge is 0.407 e. The van der Waals surface area contributed by atoms with Crippen molar-refractivity contribution in [3.8, 4) is 12.1 Å². The number of hydrogen-bond acceptors (Lipinski definition) is 7. The standard InChI is InChI=1S/C19H22N6O3S/c1-11(16(22)26)29-18-14(10-21)15(12-3-4-12)13(9-20)17(23-18)24-5-2-6-25(8-7-24)19(27)28/h11-12H,2-8H2,1H3,(H2,22,26)(H,27,28). The van der Waals surface area contributed by atoms with E-state index in [-0.39, 0.29) is 5.92 Å². The maximum Gasteiger partial charge on any atom is 0.407 e. The summed E-state index contributed by atoms with van der Waals surface area (Å²) in [5, 5.41) is 28.7. The summed E-state index contributed by atoms with van der Waals surface area (Å²) >= 11 is 1.12. The van der Waals surface area contributed by atoms with Gasteiger partial charge >= 0.3 is 6.09 Å². The van der Waals surface area contributed by atoms with E-state index < -0.39 is 17.3 Å². The van der Waals surface area contributed by atoms with Crippen molar-refractivity contribution in [2.45, 2.75) is 42.4 Å². The van der Waals surface area contributed by atoms with Gasteiger partial charge in [-0.3, -0.25) is 4.79 Å². The van der Waals surface area contributed by atoms with Crippen LogP contribution >= 0.6 is 11.8 Å². The summed E-state index contributed by atoms with van der Waals surface area (Å²) in [6.45, 7) is 3.33. The monoisotopic (exact) mass is 414 g/mol. The summed E-state index contributed by atoms with van der Waals surface area (Å²) in [5.74, 6) is 0.0815. The Bertz CT molecular complexity index is 918. The molecule has 9 nitrogen and oxygen atoms in total. The number of carboxylic acid groups (broad SMARTS) is 1. The van der Waals surface area contributed by atoms with Crippen LogP contribution in [0.1, 0.15) is 48.8 Å². The van der Waals surface area contributed by atoms with E-state index in [2.05, 4.69) is 17.1 Å². The van der Waals surface area contributed by atoms with Crippen molar-refractivity contribution in [2.24, 2.45) is 5.73 Å².